The fourth-order valence-corrected chi connectivity index (χ4v) is 13.0. The Balaban J connectivity index is 0.603. The fraction of sp³-hybridized carbons (Fsp3) is 0.470. The summed E-state index contributed by atoms with van der Waals surface area (Å²) >= 11 is 8.51. The average molecular weight is 1280 g/mol. The molecule has 21 nitrogen and oxygen atoms in total. The number of thiazole rings is 1. The lowest BCUT2D eigenvalue weighted by Crippen LogP contribution is -2.48. The molecule has 0 bridgehead atoms. The molecule has 3 aliphatic heterocycles. The van der Waals surface area contributed by atoms with E-state index in [-0.39, 0.29) is 102 Å². The number of nitrogens with one attached hydrogen (secondary N) is 1. The van der Waals surface area contributed by atoms with Crippen LogP contribution in [0.3, 0.4) is 0 Å². The number of rotatable bonds is 28. The van der Waals surface area contributed by atoms with Crippen molar-refractivity contribution >= 4 is 68.2 Å². The van der Waals surface area contributed by atoms with Crippen LogP contribution in [0.2, 0.25) is 5.02 Å². The van der Waals surface area contributed by atoms with Crippen molar-refractivity contribution in [3.05, 3.63) is 119 Å². The second-order valence-electron chi connectivity index (χ2n) is 23.3. The molecule has 0 radical (unpaired) electrons. The van der Waals surface area contributed by atoms with Gasteiger partial charge in [0.05, 0.1) is 85.6 Å². The number of carbonyl (C=O) groups excluding carboxylic acids is 3. The number of carbonyl (C=O) groups is 3. The maximum Gasteiger partial charge on any atom is 0.319 e. The average Bonchev–Trinajstić information content (AvgIpc) is 0.900. The van der Waals surface area contributed by atoms with Crippen molar-refractivity contribution in [2.24, 2.45) is 5.92 Å². The Morgan fingerprint density at radius 1 is 0.878 bits per heavy atom. The fourth-order valence-electron chi connectivity index (χ4n) is 11.9. The lowest BCUT2D eigenvalue weighted by atomic mass is 9.91. The quantitative estimate of drug-likeness (QED) is 0.0306. The third-order valence-electron chi connectivity index (χ3n) is 16.6. The van der Waals surface area contributed by atoms with Gasteiger partial charge in [-0.1, -0.05) is 80.6 Å². The number of likely N-dealkylation sites (tertiary alicyclic amines) is 2. The first kappa shape index (κ1) is 65.6. The molecule has 3 saturated heterocycles. The number of ether oxygens (including phenoxy) is 6. The molecule has 0 saturated carbocycles. The molecule has 3 fully saturated rings. The van der Waals surface area contributed by atoms with Crippen molar-refractivity contribution in [3.63, 3.8) is 0 Å². The molecular weight excluding hydrogens is 1200 g/mol. The summed E-state index contributed by atoms with van der Waals surface area (Å²) < 4.78 is 58.2. The lowest BCUT2D eigenvalue weighted by Gasteiger charge is -2.35. The minimum Gasteiger partial charge on any atom is -0.508 e. The predicted octanol–water partition coefficient (Wildman–Crippen LogP) is 9.16. The number of phenolic OH excluding ortho intramolecular Hbond substituents is 1. The number of amides is 3. The van der Waals surface area contributed by atoms with Crippen LogP contribution in [0.1, 0.15) is 75.9 Å². The number of aromatic nitrogens is 4. The van der Waals surface area contributed by atoms with Crippen LogP contribution in [0.25, 0.3) is 43.2 Å². The normalized spacial score (nSPS) is 17.7. The number of phenols is 1. The summed E-state index contributed by atoms with van der Waals surface area (Å²) in [5, 5.41) is 30.4. The standard InChI is InChI=1S/C66H79ClFN9O12S/c1-7-57(80)75-20-22-76(23-21-75)63-52-35-53(67)59(51-33-47(78)32-46-10-8-9-11-50(46)51)60(68)61(52)71-66(72-63)88-41(4)37-74-18-16-49(17-19-74)86-30-28-84-26-24-83-25-27-85-29-31-87-56-36-55(89-73-56)58(40(2)3)65(82)77-38-48(79)34-54(77)64(81)70-42(5)44-12-14-45(15-13-44)62-43(6)69-39-90-62/h7-15,32-33,35-36,39-42,48-49,54,58,78-79H,1,16-31,34,37-38H2,2-6H3,(H,70,81)/t41-,42+,48-,54+,58-/m1/s1. The van der Waals surface area contributed by atoms with Gasteiger partial charge in [0, 0.05) is 75.8 Å². The molecule has 7 aromatic rings. The van der Waals surface area contributed by atoms with Gasteiger partial charge in [-0.3, -0.25) is 19.3 Å². The van der Waals surface area contributed by atoms with Gasteiger partial charge in [-0.15, -0.1) is 11.3 Å². The number of anilines is 1. The van der Waals surface area contributed by atoms with Crippen LogP contribution in [0, 0.1) is 18.7 Å². The number of fused-ring (bicyclic) bond motifs is 2. The largest absolute Gasteiger partial charge is 0.508 e. The van der Waals surface area contributed by atoms with Gasteiger partial charge in [0.25, 0.3) is 5.88 Å². The van der Waals surface area contributed by atoms with Gasteiger partial charge in [-0.25, -0.2) is 9.37 Å². The maximum atomic E-state index is 17.1. The number of piperazine rings is 1. The molecular formula is C66H79ClFN9O12S. The van der Waals surface area contributed by atoms with Crippen LogP contribution in [0.4, 0.5) is 10.2 Å². The van der Waals surface area contributed by atoms with Crippen LogP contribution >= 0.6 is 22.9 Å². The number of hydrogen-bond donors (Lipinski definition) is 3. The van der Waals surface area contributed by atoms with Gasteiger partial charge in [-0.05, 0) is 96.4 Å². The molecule has 24 heteroatoms. The Morgan fingerprint density at radius 2 is 1.58 bits per heavy atom. The number of aliphatic hydroxyl groups is 1. The smallest absolute Gasteiger partial charge is 0.319 e. The number of benzene rings is 4. The van der Waals surface area contributed by atoms with Crippen molar-refractivity contribution in [2.45, 2.75) is 90.2 Å². The van der Waals surface area contributed by atoms with E-state index in [2.05, 4.69) is 31.9 Å². The number of aryl methyl sites for hydroxylation is 1. The first-order valence-corrected chi connectivity index (χ1v) is 32.0. The van der Waals surface area contributed by atoms with Gasteiger partial charge < -0.3 is 63.2 Å². The maximum absolute atomic E-state index is 17.1. The number of piperidine rings is 1. The summed E-state index contributed by atoms with van der Waals surface area (Å²) in [6.07, 6.45) is 1.95. The van der Waals surface area contributed by atoms with Crippen molar-refractivity contribution in [3.8, 4) is 39.2 Å². The topological polar surface area (TPSA) is 237 Å². The zero-order valence-electron chi connectivity index (χ0n) is 51.5. The summed E-state index contributed by atoms with van der Waals surface area (Å²) in [4.78, 5) is 62.7. The number of hydrogen-bond acceptors (Lipinski definition) is 19. The predicted molar refractivity (Wildman–Crippen MR) is 341 cm³/mol. The Hall–Kier alpha value is -7.35. The number of halogens is 2. The van der Waals surface area contributed by atoms with E-state index in [1.807, 2.05) is 93.6 Å². The highest BCUT2D eigenvalue weighted by molar-refractivity contribution is 7.13. The Kier molecular flexibility index (Phi) is 22.3. The van der Waals surface area contributed by atoms with Crippen molar-refractivity contribution < 1.29 is 61.9 Å². The van der Waals surface area contributed by atoms with E-state index in [1.165, 1.54) is 17.0 Å². The molecule has 0 aliphatic carbocycles. The van der Waals surface area contributed by atoms with Crippen LogP contribution in [-0.2, 0) is 33.3 Å². The van der Waals surface area contributed by atoms with E-state index in [1.54, 1.807) is 34.4 Å². The zero-order valence-corrected chi connectivity index (χ0v) is 53.1. The second-order valence-corrected chi connectivity index (χ2v) is 24.6. The SMILES string of the molecule is C=CC(=O)N1CCN(c2nc(O[C@H](C)CN3CCC(OCCOCCOCCOCCOc4cc([C@H](C(=O)N5C[C@H](O)C[C@H]5C(=O)N[C@@H](C)c5ccc(-c6scnc6C)cc5)C(C)C)on4)CC3)nc3c(F)c(-c4cc(O)cc5ccccc45)c(Cl)cc23)CC1. The summed E-state index contributed by atoms with van der Waals surface area (Å²) in [6, 6.07) is 20.6. The van der Waals surface area contributed by atoms with Gasteiger partial charge in [0.15, 0.2) is 11.6 Å². The number of nitrogens with zero attached hydrogens (tertiary/aromatic N) is 8. The molecule has 3 amide bonds. The molecule has 4 aromatic carbocycles. The molecule has 480 valence electrons. The zero-order chi connectivity index (χ0) is 63.4. The third-order valence-corrected chi connectivity index (χ3v) is 17.8. The van der Waals surface area contributed by atoms with Crippen LogP contribution in [0.5, 0.6) is 17.6 Å². The van der Waals surface area contributed by atoms with E-state index in [0.717, 1.165) is 53.0 Å². The van der Waals surface area contributed by atoms with Crippen molar-refractivity contribution in [1.29, 1.82) is 0 Å². The van der Waals surface area contributed by atoms with Crippen molar-refractivity contribution in [1.82, 2.24) is 40.1 Å². The lowest BCUT2D eigenvalue weighted by molar-refractivity contribution is -0.141. The van der Waals surface area contributed by atoms with E-state index in [0.29, 0.717) is 100 Å². The van der Waals surface area contributed by atoms with Crippen molar-refractivity contribution in [2.75, 3.05) is 110 Å². The van der Waals surface area contributed by atoms with E-state index in [9.17, 15) is 24.6 Å². The minimum atomic E-state index is -0.858. The molecule has 3 aliphatic rings. The Bertz CT molecular complexity index is 3600. The highest BCUT2D eigenvalue weighted by Gasteiger charge is 2.44. The number of aromatic hydroxyl groups is 1. The minimum absolute atomic E-state index is 0.0167. The Labute approximate surface area is 532 Å². The Morgan fingerprint density at radius 3 is 2.27 bits per heavy atom. The number of β-amino-alcohol motifs (C(OH)–C–C–N with tert-alkyl or cyclic N) is 1. The highest BCUT2D eigenvalue weighted by atomic mass is 35.5. The summed E-state index contributed by atoms with van der Waals surface area (Å²) in [5.74, 6) is -1.56. The third kappa shape index (κ3) is 16.0. The van der Waals surface area contributed by atoms with E-state index < -0.39 is 23.9 Å². The summed E-state index contributed by atoms with van der Waals surface area (Å²) in [7, 11) is 0. The molecule has 3 N–H and O–H groups in total. The molecule has 3 aromatic heterocycles. The van der Waals surface area contributed by atoms with Crippen LogP contribution < -0.4 is 19.7 Å². The number of aliphatic hydroxyl groups excluding tert-OH is 1. The van der Waals surface area contributed by atoms with Gasteiger partial charge in [0.1, 0.15) is 41.8 Å². The highest BCUT2D eigenvalue weighted by Crippen LogP contribution is 2.43. The van der Waals surface area contributed by atoms with E-state index in [4.69, 9.17) is 49.5 Å². The monoisotopic (exact) mass is 1280 g/mol. The summed E-state index contributed by atoms with van der Waals surface area (Å²) in [6.45, 7) is 19.9. The van der Waals surface area contributed by atoms with Gasteiger partial charge >= 0.3 is 6.01 Å². The van der Waals surface area contributed by atoms with Gasteiger partial charge in [0.2, 0.25) is 17.7 Å². The molecule has 10 rings (SSSR count). The molecule has 90 heavy (non-hydrogen) atoms. The van der Waals surface area contributed by atoms with Crippen LogP contribution in [0.15, 0.2) is 95.5 Å². The molecule has 0 unspecified atom stereocenters. The second kappa shape index (κ2) is 30.6. The first-order chi connectivity index (χ1) is 43.5. The summed E-state index contributed by atoms with van der Waals surface area (Å²) in [5.41, 5.74) is 5.31. The van der Waals surface area contributed by atoms with Gasteiger partial charge in [-0.2, -0.15) is 9.97 Å². The molecule has 6 heterocycles. The first-order valence-electron chi connectivity index (χ1n) is 30.7. The van der Waals surface area contributed by atoms with Crippen LogP contribution in [-0.4, -0.2) is 192 Å². The molecule has 0 spiro atoms. The molecule has 5 atom stereocenters. The van der Waals surface area contributed by atoms with E-state index >= 15 is 4.39 Å².